The molecule has 1 heterocycles. The van der Waals surface area contributed by atoms with E-state index < -0.39 is 6.61 Å². The minimum atomic E-state index is -2.94. The Labute approximate surface area is 122 Å². The average Bonchev–Trinajstić information content (AvgIpc) is 2.46. The molecule has 0 aliphatic carbocycles. The van der Waals surface area contributed by atoms with E-state index in [1.165, 1.54) is 12.1 Å². The van der Waals surface area contributed by atoms with Gasteiger partial charge >= 0.3 is 6.61 Å². The fourth-order valence-electron chi connectivity index (χ4n) is 2.64. The van der Waals surface area contributed by atoms with Gasteiger partial charge in [0, 0.05) is 19.1 Å². The molecule has 0 bridgehead atoms. The Balaban J connectivity index is 2.07. The molecule has 0 saturated carbocycles. The van der Waals surface area contributed by atoms with Gasteiger partial charge in [-0.05, 0) is 37.8 Å². The smallest absolute Gasteiger partial charge is 0.387 e. The fraction of sp³-hybridized carbons (Fsp3) is 0.533. The predicted octanol–water partition coefficient (Wildman–Crippen LogP) is 2.49. The van der Waals surface area contributed by atoms with Gasteiger partial charge in [0.15, 0.2) is 0 Å². The molecule has 1 fully saturated rings. The van der Waals surface area contributed by atoms with Crippen LogP contribution in [0.1, 0.15) is 30.1 Å². The molecular formula is C15H20F2N2O2. The lowest BCUT2D eigenvalue weighted by molar-refractivity contribution is -0.0503. The third-order valence-electron chi connectivity index (χ3n) is 3.90. The van der Waals surface area contributed by atoms with Gasteiger partial charge in [0.05, 0.1) is 5.56 Å². The van der Waals surface area contributed by atoms with Gasteiger partial charge < -0.3 is 15.4 Å². The molecule has 2 N–H and O–H groups in total. The van der Waals surface area contributed by atoms with E-state index in [4.69, 9.17) is 5.73 Å². The zero-order valence-electron chi connectivity index (χ0n) is 12.0. The number of hydrogen-bond acceptors (Lipinski definition) is 3. The molecule has 6 heteroatoms. The molecule has 1 aromatic carbocycles. The first-order chi connectivity index (χ1) is 9.99. The van der Waals surface area contributed by atoms with Crippen LogP contribution in [0.5, 0.6) is 5.75 Å². The number of carbonyl (C=O) groups excluding carboxylic acids is 1. The van der Waals surface area contributed by atoms with Crippen LogP contribution < -0.4 is 10.5 Å². The Morgan fingerprint density at radius 2 is 1.95 bits per heavy atom. The number of hydrogen-bond donors (Lipinski definition) is 1. The summed E-state index contributed by atoms with van der Waals surface area (Å²) >= 11 is 0. The molecule has 2 rings (SSSR count). The van der Waals surface area contributed by atoms with Crippen molar-refractivity contribution >= 4 is 5.91 Å². The van der Waals surface area contributed by atoms with E-state index in [-0.39, 0.29) is 23.3 Å². The van der Waals surface area contributed by atoms with E-state index in [0.717, 1.165) is 12.8 Å². The second-order valence-electron chi connectivity index (χ2n) is 5.36. The largest absolute Gasteiger partial charge is 0.434 e. The Morgan fingerprint density at radius 3 is 2.52 bits per heavy atom. The van der Waals surface area contributed by atoms with Crippen LogP contribution in [0, 0.1) is 5.92 Å². The second kappa shape index (κ2) is 6.85. The first-order valence-electron chi connectivity index (χ1n) is 7.07. The molecule has 0 aromatic heterocycles. The summed E-state index contributed by atoms with van der Waals surface area (Å²) in [5.41, 5.74) is 6.05. The number of halogens is 2. The highest BCUT2D eigenvalue weighted by atomic mass is 19.3. The number of piperidine rings is 1. The number of amides is 1. The predicted molar refractivity (Wildman–Crippen MR) is 75.4 cm³/mol. The van der Waals surface area contributed by atoms with Crippen LogP contribution in [0.3, 0.4) is 0 Å². The number of likely N-dealkylation sites (tertiary alicyclic amines) is 1. The molecule has 1 unspecified atom stereocenters. The highest BCUT2D eigenvalue weighted by Crippen LogP contribution is 2.25. The van der Waals surface area contributed by atoms with Crippen molar-refractivity contribution in [3.63, 3.8) is 0 Å². The summed E-state index contributed by atoms with van der Waals surface area (Å²) in [6, 6.07) is 6.21. The number of alkyl halides is 2. The molecule has 4 nitrogen and oxygen atoms in total. The topological polar surface area (TPSA) is 55.6 Å². The number of nitrogens with zero attached hydrogens (tertiary/aromatic N) is 1. The molecule has 21 heavy (non-hydrogen) atoms. The SMILES string of the molecule is CC(N)C1CCN(C(=O)c2ccccc2OC(F)F)CC1. The van der Waals surface area contributed by atoms with Crippen LogP contribution in [0.2, 0.25) is 0 Å². The third kappa shape index (κ3) is 3.91. The van der Waals surface area contributed by atoms with Crippen molar-refractivity contribution in [2.24, 2.45) is 11.7 Å². The van der Waals surface area contributed by atoms with Gasteiger partial charge in [-0.25, -0.2) is 0 Å². The monoisotopic (exact) mass is 298 g/mol. The average molecular weight is 298 g/mol. The van der Waals surface area contributed by atoms with Crippen molar-refractivity contribution in [1.82, 2.24) is 4.90 Å². The number of ether oxygens (including phenoxy) is 1. The summed E-state index contributed by atoms with van der Waals surface area (Å²) in [6.45, 7) is 0.207. The molecule has 1 atom stereocenters. The Bertz CT molecular complexity index is 486. The lowest BCUT2D eigenvalue weighted by Crippen LogP contribution is -2.42. The molecule has 116 valence electrons. The van der Waals surface area contributed by atoms with Gasteiger partial charge in [-0.15, -0.1) is 0 Å². The number of nitrogens with two attached hydrogens (primary N) is 1. The normalized spacial score (nSPS) is 17.9. The van der Waals surface area contributed by atoms with E-state index in [1.807, 2.05) is 6.92 Å². The number of para-hydroxylation sites is 1. The van der Waals surface area contributed by atoms with Gasteiger partial charge in [0.25, 0.3) is 5.91 Å². The summed E-state index contributed by atoms with van der Waals surface area (Å²) < 4.78 is 29.2. The van der Waals surface area contributed by atoms with Crippen LogP contribution in [-0.4, -0.2) is 36.5 Å². The molecule has 0 radical (unpaired) electrons. The van der Waals surface area contributed by atoms with Crippen LogP contribution in [0.15, 0.2) is 24.3 Å². The van der Waals surface area contributed by atoms with Gasteiger partial charge in [-0.2, -0.15) is 8.78 Å². The lowest BCUT2D eigenvalue weighted by Gasteiger charge is -2.34. The van der Waals surface area contributed by atoms with Crippen molar-refractivity contribution in [2.45, 2.75) is 32.4 Å². The summed E-state index contributed by atoms with van der Waals surface area (Å²) in [5, 5.41) is 0. The third-order valence-corrected chi connectivity index (χ3v) is 3.90. The maximum atomic E-state index is 12.4. The van der Waals surface area contributed by atoms with E-state index >= 15 is 0 Å². The molecule has 1 saturated heterocycles. The van der Waals surface area contributed by atoms with Gasteiger partial charge in [0.2, 0.25) is 0 Å². The second-order valence-corrected chi connectivity index (χ2v) is 5.36. The van der Waals surface area contributed by atoms with Crippen LogP contribution >= 0.6 is 0 Å². The van der Waals surface area contributed by atoms with Crippen molar-refractivity contribution in [1.29, 1.82) is 0 Å². The highest BCUT2D eigenvalue weighted by molar-refractivity contribution is 5.97. The summed E-state index contributed by atoms with van der Waals surface area (Å²) in [5.74, 6) is 0.0581. The van der Waals surface area contributed by atoms with E-state index in [0.29, 0.717) is 19.0 Å². The quantitative estimate of drug-likeness (QED) is 0.929. The van der Waals surface area contributed by atoms with E-state index in [1.54, 1.807) is 17.0 Å². The van der Waals surface area contributed by atoms with Crippen LogP contribution in [0.4, 0.5) is 8.78 Å². The van der Waals surface area contributed by atoms with Gasteiger partial charge in [0.1, 0.15) is 5.75 Å². The zero-order valence-corrected chi connectivity index (χ0v) is 12.0. The van der Waals surface area contributed by atoms with Gasteiger partial charge in [-0.3, -0.25) is 4.79 Å². The maximum Gasteiger partial charge on any atom is 0.387 e. The molecule has 0 spiro atoms. The molecule has 1 amide bonds. The Morgan fingerprint density at radius 1 is 1.33 bits per heavy atom. The Hall–Kier alpha value is -1.69. The van der Waals surface area contributed by atoms with E-state index in [2.05, 4.69) is 4.74 Å². The number of rotatable bonds is 4. The first-order valence-corrected chi connectivity index (χ1v) is 7.07. The van der Waals surface area contributed by atoms with Crippen molar-refractivity contribution in [3.05, 3.63) is 29.8 Å². The minimum absolute atomic E-state index is 0.0770. The molecule has 1 aromatic rings. The molecular weight excluding hydrogens is 278 g/mol. The maximum absolute atomic E-state index is 12.4. The van der Waals surface area contributed by atoms with Crippen molar-refractivity contribution in [3.8, 4) is 5.75 Å². The Kier molecular flexibility index (Phi) is 5.12. The summed E-state index contributed by atoms with van der Waals surface area (Å²) in [7, 11) is 0. The summed E-state index contributed by atoms with van der Waals surface area (Å²) in [6.07, 6.45) is 1.67. The van der Waals surface area contributed by atoms with Crippen molar-refractivity contribution < 1.29 is 18.3 Å². The van der Waals surface area contributed by atoms with E-state index in [9.17, 15) is 13.6 Å². The molecule has 1 aliphatic rings. The molecule has 1 aliphatic heterocycles. The first kappa shape index (κ1) is 15.7. The number of benzene rings is 1. The minimum Gasteiger partial charge on any atom is -0.434 e. The standard InChI is InChI=1S/C15H20F2N2O2/c1-10(18)11-6-8-19(9-7-11)14(20)12-4-2-3-5-13(12)21-15(16)17/h2-5,10-11,15H,6-9,18H2,1H3. The zero-order chi connectivity index (χ0) is 15.4. The highest BCUT2D eigenvalue weighted by Gasteiger charge is 2.27. The number of carbonyl (C=O) groups is 1. The van der Waals surface area contributed by atoms with Crippen LogP contribution in [-0.2, 0) is 0 Å². The van der Waals surface area contributed by atoms with Crippen molar-refractivity contribution in [2.75, 3.05) is 13.1 Å². The van der Waals surface area contributed by atoms with Crippen LogP contribution in [0.25, 0.3) is 0 Å². The lowest BCUT2D eigenvalue weighted by atomic mass is 9.90. The fourth-order valence-corrected chi connectivity index (χ4v) is 2.64. The van der Waals surface area contributed by atoms with Gasteiger partial charge in [-0.1, -0.05) is 12.1 Å². The summed E-state index contributed by atoms with van der Waals surface area (Å²) in [4.78, 5) is 14.1.